The van der Waals surface area contributed by atoms with E-state index in [1.54, 1.807) is 36.4 Å². The molecule has 22 heavy (non-hydrogen) atoms. The van der Waals surface area contributed by atoms with Crippen molar-refractivity contribution in [2.75, 3.05) is 4.72 Å². The minimum atomic E-state index is -3.22. The van der Waals surface area contributed by atoms with E-state index in [2.05, 4.69) is 9.08 Å². The third-order valence-corrected chi connectivity index (χ3v) is 4.91. The molecule has 7 heteroatoms. The number of hydrogen-bond acceptors (Lipinski definition) is 2. The molecule has 0 aliphatic heterocycles. The van der Waals surface area contributed by atoms with Crippen LogP contribution in [0.25, 0.3) is 0 Å². The summed E-state index contributed by atoms with van der Waals surface area (Å²) in [7, 11) is -3.22. The molecule has 0 aromatic heterocycles. The molecule has 1 unspecified atom stereocenters. The number of carbonyl (C=O) groups is 1. The quantitative estimate of drug-likeness (QED) is 0.890. The second-order valence-electron chi connectivity index (χ2n) is 4.89. The zero-order valence-corrected chi connectivity index (χ0v) is 13.7. The molecule has 3 N–H and O–H groups in total. The summed E-state index contributed by atoms with van der Waals surface area (Å²) in [5.41, 5.74) is 7.48. The smallest absolute Gasteiger partial charge is 0.348 e. The van der Waals surface area contributed by atoms with E-state index >= 15 is 0 Å². The average molecular weight is 338 g/mol. The van der Waals surface area contributed by atoms with Gasteiger partial charge in [0.1, 0.15) is 0 Å². The van der Waals surface area contributed by atoms with Gasteiger partial charge in [0.05, 0.1) is 4.90 Å². The number of nitrogens with two attached hydrogens (primary N) is 1. The van der Waals surface area contributed by atoms with Gasteiger partial charge in [-0.3, -0.25) is 4.72 Å². The fourth-order valence-corrected chi connectivity index (χ4v) is 3.83. The number of amides is 2. The summed E-state index contributed by atoms with van der Waals surface area (Å²) >= 11 is 5.83. The summed E-state index contributed by atoms with van der Waals surface area (Å²) < 4.78 is 19.5. The number of nitrogens with one attached hydrogen (secondary N) is 1. The molecule has 0 heterocycles. The van der Waals surface area contributed by atoms with Gasteiger partial charge in [-0.15, -0.1) is 4.36 Å². The Hall–Kier alpha value is -2.05. The summed E-state index contributed by atoms with van der Waals surface area (Å²) in [6.07, 6.45) is 0. The second kappa shape index (κ2) is 6.37. The Bertz CT molecular complexity index is 805. The van der Waals surface area contributed by atoms with Gasteiger partial charge in [-0.2, -0.15) is 0 Å². The van der Waals surface area contributed by atoms with E-state index in [1.165, 1.54) is 0 Å². The molecule has 5 nitrogen and oxygen atoms in total. The molecular formula is C15H16ClN3O2S. The number of primary amides is 1. The van der Waals surface area contributed by atoms with Crippen molar-refractivity contribution in [2.45, 2.75) is 18.7 Å². The maximum atomic E-state index is 13.1. The van der Waals surface area contributed by atoms with Gasteiger partial charge < -0.3 is 5.73 Å². The second-order valence-corrected chi connectivity index (χ2v) is 7.23. The molecule has 0 bridgehead atoms. The van der Waals surface area contributed by atoms with Crippen LogP contribution in [0.15, 0.2) is 51.7 Å². The largest absolute Gasteiger partial charge is 0.349 e. The van der Waals surface area contributed by atoms with Crippen molar-refractivity contribution in [3.05, 3.63) is 58.6 Å². The van der Waals surface area contributed by atoms with Crippen molar-refractivity contribution < 1.29 is 9.00 Å². The van der Waals surface area contributed by atoms with Gasteiger partial charge >= 0.3 is 6.03 Å². The maximum Gasteiger partial charge on any atom is 0.348 e. The van der Waals surface area contributed by atoms with Crippen LogP contribution in [-0.2, 0) is 9.92 Å². The molecule has 2 amide bonds. The van der Waals surface area contributed by atoms with E-state index in [-0.39, 0.29) is 0 Å². The monoisotopic (exact) mass is 337 g/mol. The molecule has 1 atom stereocenters. The first-order chi connectivity index (χ1) is 10.3. The molecule has 0 aliphatic rings. The van der Waals surface area contributed by atoms with Crippen LogP contribution in [0, 0.1) is 13.8 Å². The van der Waals surface area contributed by atoms with Crippen molar-refractivity contribution in [2.24, 2.45) is 10.1 Å². The van der Waals surface area contributed by atoms with Crippen molar-refractivity contribution in [1.82, 2.24) is 0 Å². The Morgan fingerprint density at radius 1 is 1.14 bits per heavy atom. The first-order valence-corrected chi connectivity index (χ1v) is 8.36. The number of anilines is 1. The first kappa shape index (κ1) is 16.3. The summed E-state index contributed by atoms with van der Waals surface area (Å²) in [6, 6.07) is 11.0. The van der Waals surface area contributed by atoms with Gasteiger partial charge in [0.25, 0.3) is 0 Å². The summed E-state index contributed by atoms with van der Waals surface area (Å²) in [5.74, 6) is 0. The number of urea groups is 1. The number of nitrogens with zero attached hydrogens (tertiary/aromatic N) is 1. The summed E-state index contributed by atoms with van der Waals surface area (Å²) in [6.45, 7) is 3.76. The highest BCUT2D eigenvalue weighted by Gasteiger charge is 2.15. The first-order valence-electron chi connectivity index (χ1n) is 6.47. The lowest BCUT2D eigenvalue weighted by Crippen LogP contribution is -2.18. The van der Waals surface area contributed by atoms with Gasteiger partial charge in [0, 0.05) is 10.7 Å². The van der Waals surface area contributed by atoms with Crippen LogP contribution in [0.2, 0.25) is 5.02 Å². The van der Waals surface area contributed by atoms with Gasteiger partial charge in [0.2, 0.25) is 0 Å². The Morgan fingerprint density at radius 3 is 2.18 bits per heavy atom. The molecule has 0 aliphatic carbocycles. The molecule has 0 saturated carbocycles. The predicted molar refractivity (Wildman–Crippen MR) is 89.4 cm³/mol. The van der Waals surface area contributed by atoms with Crippen LogP contribution in [0.1, 0.15) is 11.1 Å². The van der Waals surface area contributed by atoms with E-state index in [0.717, 1.165) is 11.1 Å². The molecule has 2 aromatic carbocycles. The lowest BCUT2D eigenvalue weighted by molar-refractivity contribution is 0.257. The predicted octanol–water partition coefficient (Wildman–Crippen LogP) is 3.89. The SMILES string of the molecule is Cc1cc(C)cc(S(=O)(=NC(N)=O)Nc2ccc(Cl)cc2)c1. The normalized spacial score (nSPS) is 13.2. The average Bonchev–Trinajstić information content (AvgIpc) is 2.39. The van der Waals surface area contributed by atoms with E-state index in [1.807, 2.05) is 19.9 Å². The van der Waals surface area contributed by atoms with Crippen molar-refractivity contribution in [3.8, 4) is 0 Å². The number of hydrogen-bond donors (Lipinski definition) is 2. The lowest BCUT2D eigenvalue weighted by Gasteiger charge is -2.14. The highest BCUT2D eigenvalue weighted by molar-refractivity contribution is 7.95. The molecular weight excluding hydrogens is 322 g/mol. The van der Waals surface area contributed by atoms with Crippen LogP contribution in [0.5, 0.6) is 0 Å². The van der Waals surface area contributed by atoms with E-state index in [0.29, 0.717) is 15.6 Å². The van der Waals surface area contributed by atoms with E-state index in [9.17, 15) is 9.00 Å². The number of aryl methyl sites for hydroxylation is 2. The molecule has 2 rings (SSSR count). The van der Waals surface area contributed by atoms with Crippen LogP contribution in [0.3, 0.4) is 0 Å². The standard InChI is InChI=1S/C15H16ClN3O2S/c1-10-7-11(2)9-14(8-10)22(21,19-15(17)20)18-13-5-3-12(16)4-6-13/h3-9H,1-2H3,(H3,17,18,19,20,21). The fraction of sp³-hybridized carbons (Fsp3) is 0.133. The molecule has 116 valence electrons. The molecule has 0 saturated heterocycles. The van der Waals surface area contributed by atoms with Crippen molar-refractivity contribution >= 4 is 33.2 Å². The van der Waals surface area contributed by atoms with Crippen molar-refractivity contribution in [1.29, 1.82) is 0 Å². The Kier molecular flexibility index (Phi) is 4.73. The Labute approximate surface area is 134 Å². The maximum absolute atomic E-state index is 13.1. The van der Waals surface area contributed by atoms with E-state index in [4.69, 9.17) is 17.3 Å². The minimum Gasteiger partial charge on any atom is -0.349 e. The van der Waals surface area contributed by atoms with Gasteiger partial charge in [-0.1, -0.05) is 17.7 Å². The third-order valence-electron chi connectivity index (χ3n) is 2.83. The number of carbonyl (C=O) groups excluding carboxylic acids is 1. The highest BCUT2D eigenvalue weighted by atomic mass is 35.5. The highest BCUT2D eigenvalue weighted by Crippen LogP contribution is 2.22. The minimum absolute atomic E-state index is 0.402. The summed E-state index contributed by atoms with van der Waals surface area (Å²) in [5, 5.41) is 0.551. The zero-order valence-electron chi connectivity index (χ0n) is 12.2. The molecule has 0 fully saturated rings. The molecule has 0 radical (unpaired) electrons. The van der Waals surface area contributed by atoms with Gasteiger partial charge in [-0.05, 0) is 61.4 Å². The van der Waals surface area contributed by atoms with Gasteiger partial charge in [0.15, 0.2) is 9.92 Å². The van der Waals surface area contributed by atoms with Crippen LogP contribution < -0.4 is 10.5 Å². The van der Waals surface area contributed by atoms with Crippen molar-refractivity contribution in [3.63, 3.8) is 0 Å². The molecule has 2 aromatic rings. The third kappa shape index (κ3) is 3.99. The number of rotatable bonds is 3. The van der Waals surface area contributed by atoms with E-state index < -0.39 is 15.9 Å². The Morgan fingerprint density at radius 2 is 1.68 bits per heavy atom. The fourth-order valence-electron chi connectivity index (χ4n) is 2.03. The van der Waals surface area contributed by atoms with Crippen LogP contribution in [0.4, 0.5) is 10.5 Å². The van der Waals surface area contributed by atoms with Crippen LogP contribution >= 0.6 is 11.6 Å². The molecule has 0 spiro atoms. The zero-order chi connectivity index (χ0) is 16.3. The Balaban J connectivity index is 2.55. The topological polar surface area (TPSA) is 84.6 Å². The van der Waals surface area contributed by atoms with Crippen LogP contribution in [-0.4, -0.2) is 10.2 Å². The number of halogens is 1. The lowest BCUT2D eigenvalue weighted by atomic mass is 10.2. The summed E-state index contributed by atoms with van der Waals surface area (Å²) in [4.78, 5) is 11.6. The number of benzene rings is 2. The van der Waals surface area contributed by atoms with Gasteiger partial charge in [-0.25, -0.2) is 9.00 Å².